The second kappa shape index (κ2) is 6.09. The monoisotopic (exact) mass is 299 g/mol. The topological polar surface area (TPSA) is 71.0 Å². The maximum absolute atomic E-state index is 13.4. The number of hydrogen-bond donors (Lipinski definition) is 1. The maximum Gasteiger partial charge on any atom is 0.426 e. The summed E-state index contributed by atoms with van der Waals surface area (Å²) in [7, 11) is 0. The second-order valence-electron chi connectivity index (χ2n) is 6.64. The fourth-order valence-corrected chi connectivity index (χ4v) is 2.62. The highest BCUT2D eigenvalue weighted by molar-refractivity contribution is 5.81. The number of carbonyl (C=O) groups is 2. The van der Waals surface area contributed by atoms with Crippen LogP contribution in [0, 0.1) is 5.92 Å². The van der Waals surface area contributed by atoms with Crippen LogP contribution in [0.15, 0.2) is 4.99 Å². The van der Waals surface area contributed by atoms with Crippen molar-refractivity contribution in [3.8, 4) is 0 Å². The number of fused-ring (bicyclic) bond motifs is 1. The Labute approximate surface area is 123 Å². The van der Waals surface area contributed by atoms with Crippen LogP contribution in [0.5, 0.6) is 0 Å². The van der Waals surface area contributed by atoms with E-state index in [4.69, 9.17) is 4.84 Å². The zero-order valence-electron chi connectivity index (χ0n) is 12.7. The van der Waals surface area contributed by atoms with Crippen LogP contribution in [0.25, 0.3) is 0 Å². The Kier molecular flexibility index (Phi) is 4.61. The average molecular weight is 299 g/mol. The Balaban J connectivity index is 2.07. The first-order valence-electron chi connectivity index (χ1n) is 7.22. The van der Waals surface area contributed by atoms with E-state index in [2.05, 4.69) is 10.3 Å². The first kappa shape index (κ1) is 15.9. The first-order valence-corrected chi connectivity index (χ1v) is 7.22. The summed E-state index contributed by atoms with van der Waals surface area (Å²) in [5.74, 6) is -0.442. The van der Waals surface area contributed by atoms with E-state index in [1.807, 2.05) is 20.8 Å². The fraction of sp³-hybridized carbons (Fsp3) is 0.786. The van der Waals surface area contributed by atoms with Gasteiger partial charge in [-0.3, -0.25) is 9.79 Å². The van der Waals surface area contributed by atoms with Gasteiger partial charge in [0.2, 0.25) is 0 Å². The van der Waals surface area contributed by atoms with E-state index in [1.165, 1.54) is 5.06 Å². The Morgan fingerprint density at radius 1 is 1.43 bits per heavy atom. The Morgan fingerprint density at radius 2 is 2.14 bits per heavy atom. The lowest BCUT2D eigenvalue weighted by Crippen LogP contribution is -2.49. The van der Waals surface area contributed by atoms with E-state index in [1.54, 1.807) is 0 Å². The number of Topliss-reactive ketones (excluding diaryl/α,β-unsaturated/α-hetero) is 1. The molecule has 0 aromatic rings. The van der Waals surface area contributed by atoms with E-state index in [9.17, 15) is 14.0 Å². The number of hydroxylamine groups is 2. The molecule has 7 heteroatoms. The molecular formula is C14H22FN3O3. The van der Waals surface area contributed by atoms with Gasteiger partial charge < -0.3 is 10.2 Å². The van der Waals surface area contributed by atoms with Crippen LogP contribution in [-0.4, -0.2) is 47.6 Å². The molecule has 0 radical (unpaired) electrons. The maximum atomic E-state index is 13.4. The van der Waals surface area contributed by atoms with Gasteiger partial charge in [-0.2, -0.15) is 4.39 Å². The predicted octanol–water partition coefficient (Wildman–Crippen LogP) is 1.85. The number of amides is 1. The summed E-state index contributed by atoms with van der Waals surface area (Å²) in [5.41, 5.74) is -0.419. The van der Waals surface area contributed by atoms with Crippen LogP contribution in [0.3, 0.4) is 0 Å². The summed E-state index contributed by atoms with van der Waals surface area (Å²) in [6.45, 7) is 6.09. The van der Waals surface area contributed by atoms with E-state index in [0.717, 1.165) is 0 Å². The van der Waals surface area contributed by atoms with Gasteiger partial charge in [0.25, 0.3) is 0 Å². The van der Waals surface area contributed by atoms with Crippen molar-refractivity contribution >= 4 is 17.8 Å². The van der Waals surface area contributed by atoms with Gasteiger partial charge in [-0.05, 0) is 20.8 Å². The second-order valence-corrected chi connectivity index (χ2v) is 6.64. The van der Waals surface area contributed by atoms with Crippen molar-refractivity contribution in [2.75, 3.05) is 13.1 Å². The number of aliphatic imine (C=N–C) groups is 1. The Bertz CT molecular complexity index is 459. The standard InChI is InChI=1S/C14H22FN3O3/c1-14(2,3)17-13(20)21-18-5-4-10(19)6-9-8-16-12(15)7-11(9)18/h9,11H,4-8H2,1-3H3,(H,17,20)/t9-,11?/m0/s1. The van der Waals surface area contributed by atoms with Gasteiger partial charge in [-0.15, -0.1) is 5.06 Å². The Hall–Kier alpha value is -1.50. The van der Waals surface area contributed by atoms with Gasteiger partial charge in [-0.25, -0.2) is 4.79 Å². The lowest BCUT2D eigenvalue weighted by molar-refractivity contribution is -0.141. The van der Waals surface area contributed by atoms with Gasteiger partial charge in [0.15, 0.2) is 5.97 Å². The molecule has 2 aliphatic rings. The highest BCUT2D eigenvalue weighted by Gasteiger charge is 2.38. The van der Waals surface area contributed by atoms with Crippen LogP contribution in [0.4, 0.5) is 9.18 Å². The minimum Gasteiger partial charge on any atom is -0.351 e. The van der Waals surface area contributed by atoms with Crippen LogP contribution in [0.1, 0.15) is 40.0 Å². The van der Waals surface area contributed by atoms with Crippen molar-refractivity contribution in [2.24, 2.45) is 10.9 Å². The molecule has 21 heavy (non-hydrogen) atoms. The third kappa shape index (κ3) is 4.49. The van der Waals surface area contributed by atoms with E-state index in [-0.39, 0.29) is 30.7 Å². The molecule has 0 aromatic carbocycles. The number of hydrogen-bond acceptors (Lipinski definition) is 5. The molecule has 118 valence electrons. The molecule has 0 bridgehead atoms. The highest BCUT2D eigenvalue weighted by atomic mass is 19.1. The van der Waals surface area contributed by atoms with Crippen LogP contribution >= 0.6 is 0 Å². The van der Waals surface area contributed by atoms with Gasteiger partial charge in [0, 0.05) is 43.8 Å². The largest absolute Gasteiger partial charge is 0.426 e. The van der Waals surface area contributed by atoms with E-state index in [0.29, 0.717) is 19.4 Å². The zero-order valence-corrected chi connectivity index (χ0v) is 12.7. The van der Waals surface area contributed by atoms with E-state index >= 15 is 0 Å². The predicted molar refractivity (Wildman–Crippen MR) is 75.6 cm³/mol. The quantitative estimate of drug-likeness (QED) is 0.802. The Morgan fingerprint density at radius 3 is 2.81 bits per heavy atom. The minimum absolute atomic E-state index is 0.0841. The molecule has 1 amide bonds. The number of ketones is 1. The summed E-state index contributed by atoms with van der Waals surface area (Å²) < 4.78 is 13.4. The molecule has 2 atom stereocenters. The lowest BCUT2D eigenvalue weighted by atomic mass is 9.91. The molecule has 6 nitrogen and oxygen atoms in total. The zero-order chi connectivity index (χ0) is 15.6. The minimum atomic E-state index is -0.585. The SMILES string of the molecule is CC(C)(C)NC(=O)ON1CCC(=O)C[C@H]2CN=C(F)CC21. The van der Waals surface area contributed by atoms with Crippen molar-refractivity contribution in [3.63, 3.8) is 0 Å². The normalized spacial score (nSPS) is 27.4. The number of rotatable bonds is 1. The third-order valence-electron chi connectivity index (χ3n) is 3.57. The molecule has 0 saturated carbocycles. The molecule has 2 rings (SSSR count). The van der Waals surface area contributed by atoms with Crippen molar-refractivity contribution < 1.29 is 18.8 Å². The summed E-state index contributed by atoms with van der Waals surface area (Å²) >= 11 is 0. The molecular weight excluding hydrogens is 277 g/mol. The summed E-state index contributed by atoms with van der Waals surface area (Å²) in [5, 5.41) is 4.14. The molecule has 1 unspecified atom stereocenters. The molecule has 2 heterocycles. The van der Waals surface area contributed by atoms with Crippen LogP contribution < -0.4 is 5.32 Å². The third-order valence-corrected chi connectivity index (χ3v) is 3.57. The molecule has 0 aliphatic carbocycles. The van der Waals surface area contributed by atoms with Crippen LogP contribution in [-0.2, 0) is 9.63 Å². The van der Waals surface area contributed by atoms with Crippen molar-refractivity contribution in [1.82, 2.24) is 10.4 Å². The lowest BCUT2D eigenvalue weighted by Gasteiger charge is -2.34. The smallest absolute Gasteiger partial charge is 0.351 e. The molecule has 0 aromatic heterocycles. The van der Waals surface area contributed by atoms with E-state index < -0.39 is 17.6 Å². The molecule has 0 spiro atoms. The van der Waals surface area contributed by atoms with Crippen molar-refractivity contribution in [3.05, 3.63) is 0 Å². The molecule has 1 fully saturated rings. The summed E-state index contributed by atoms with van der Waals surface area (Å²) in [6.07, 6.45) is 0.166. The van der Waals surface area contributed by atoms with Crippen molar-refractivity contribution in [1.29, 1.82) is 0 Å². The number of carbonyl (C=O) groups excluding carboxylic acids is 2. The van der Waals surface area contributed by atoms with Gasteiger partial charge in [-0.1, -0.05) is 0 Å². The highest BCUT2D eigenvalue weighted by Crippen LogP contribution is 2.28. The average Bonchev–Trinajstić information content (AvgIpc) is 2.47. The molecule has 1 saturated heterocycles. The number of halogens is 1. The summed E-state index contributed by atoms with van der Waals surface area (Å²) in [4.78, 5) is 32.7. The number of nitrogens with one attached hydrogen (secondary N) is 1. The first-order chi connectivity index (χ1) is 9.74. The molecule has 2 aliphatic heterocycles. The number of nitrogens with zero attached hydrogens (tertiary/aromatic N) is 2. The van der Waals surface area contributed by atoms with Crippen molar-refractivity contribution in [2.45, 2.75) is 51.6 Å². The fourth-order valence-electron chi connectivity index (χ4n) is 2.62. The summed E-state index contributed by atoms with van der Waals surface area (Å²) in [6, 6.07) is -0.320. The van der Waals surface area contributed by atoms with Gasteiger partial charge in [0.05, 0.1) is 6.04 Å². The van der Waals surface area contributed by atoms with Crippen LogP contribution in [0.2, 0.25) is 0 Å². The van der Waals surface area contributed by atoms with Gasteiger partial charge >= 0.3 is 6.09 Å². The van der Waals surface area contributed by atoms with Gasteiger partial charge in [0.1, 0.15) is 5.78 Å². The molecule has 1 N–H and O–H groups in total.